The van der Waals surface area contributed by atoms with Crippen LogP contribution in [0.2, 0.25) is 0 Å². The highest BCUT2D eigenvalue weighted by Crippen LogP contribution is 2.30. The zero-order chi connectivity index (χ0) is 30.5. The Morgan fingerprint density at radius 1 is 1.07 bits per heavy atom. The average molecular weight is 616 g/mol. The number of carbonyl (C=O) groups is 2. The number of amides is 1. The SMILES string of the molecule is CCCCS(=O)(=O)N(CCCC1CCCCC1)Cc1ccc(C(=O)NC(CCSC)C(=O)[O-])c(-c2ccccc2C)c1. The maximum absolute atomic E-state index is 13.4. The Bertz CT molecular complexity index is 1270. The summed E-state index contributed by atoms with van der Waals surface area (Å²) in [5, 5.41) is 14.4. The van der Waals surface area contributed by atoms with Crippen molar-refractivity contribution in [2.24, 2.45) is 5.92 Å². The number of thioether (sulfide) groups is 1. The first-order valence-corrected chi connectivity index (χ1v) is 18.3. The van der Waals surface area contributed by atoms with Crippen LogP contribution < -0.4 is 10.4 Å². The number of nitrogens with one attached hydrogen (secondary N) is 1. The molecule has 1 fully saturated rings. The lowest BCUT2D eigenvalue weighted by atomic mass is 9.86. The van der Waals surface area contributed by atoms with Crippen LogP contribution in [0.3, 0.4) is 0 Å². The largest absolute Gasteiger partial charge is 0.548 e. The van der Waals surface area contributed by atoms with Gasteiger partial charge in [-0.25, -0.2) is 8.42 Å². The molecule has 1 N–H and O–H groups in total. The van der Waals surface area contributed by atoms with Gasteiger partial charge in [0.1, 0.15) is 0 Å². The van der Waals surface area contributed by atoms with Gasteiger partial charge in [0, 0.05) is 18.7 Å². The summed E-state index contributed by atoms with van der Waals surface area (Å²) in [6.07, 6.45) is 11.8. The molecule has 9 heteroatoms. The van der Waals surface area contributed by atoms with Gasteiger partial charge in [-0.2, -0.15) is 16.1 Å². The van der Waals surface area contributed by atoms with Crippen molar-refractivity contribution in [1.29, 1.82) is 0 Å². The second kappa shape index (κ2) is 17.1. The molecule has 1 unspecified atom stereocenters. The fourth-order valence-electron chi connectivity index (χ4n) is 5.71. The van der Waals surface area contributed by atoms with Crippen LogP contribution in [0, 0.1) is 12.8 Å². The van der Waals surface area contributed by atoms with Crippen LogP contribution in [-0.4, -0.2) is 54.9 Å². The van der Waals surface area contributed by atoms with Crippen LogP contribution in [0.1, 0.15) is 92.6 Å². The minimum atomic E-state index is -3.45. The first-order chi connectivity index (χ1) is 20.2. The molecule has 1 amide bonds. The van der Waals surface area contributed by atoms with Gasteiger partial charge in [0.15, 0.2) is 0 Å². The molecule has 1 saturated carbocycles. The average Bonchev–Trinajstić information content (AvgIpc) is 2.98. The van der Waals surface area contributed by atoms with Gasteiger partial charge in [-0.3, -0.25) is 4.79 Å². The van der Waals surface area contributed by atoms with E-state index in [1.54, 1.807) is 16.4 Å². The lowest BCUT2D eigenvalue weighted by molar-refractivity contribution is -0.308. The van der Waals surface area contributed by atoms with Crippen LogP contribution in [0.25, 0.3) is 11.1 Å². The predicted octanol–water partition coefficient (Wildman–Crippen LogP) is 5.56. The number of carbonyl (C=O) groups excluding carboxylic acids is 2. The number of aryl methyl sites for hydroxylation is 1. The van der Waals surface area contributed by atoms with E-state index < -0.39 is 27.9 Å². The molecule has 0 aliphatic heterocycles. The summed E-state index contributed by atoms with van der Waals surface area (Å²) in [4.78, 5) is 25.1. The fourth-order valence-corrected chi connectivity index (χ4v) is 7.85. The number of sulfonamides is 1. The Labute approximate surface area is 256 Å². The van der Waals surface area contributed by atoms with E-state index >= 15 is 0 Å². The summed E-state index contributed by atoms with van der Waals surface area (Å²) >= 11 is 1.50. The van der Waals surface area contributed by atoms with Crippen molar-refractivity contribution >= 4 is 33.7 Å². The number of carboxylic acid groups (broad SMARTS) is 1. The number of unbranched alkanes of at least 4 members (excludes halogenated alkanes) is 1. The predicted molar refractivity (Wildman–Crippen MR) is 171 cm³/mol. The second-order valence-corrected chi connectivity index (χ2v) is 14.5. The minimum Gasteiger partial charge on any atom is -0.548 e. The summed E-state index contributed by atoms with van der Waals surface area (Å²) in [5.74, 6) is -0.419. The summed E-state index contributed by atoms with van der Waals surface area (Å²) < 4.78 is 28.5. The number of aliphatic carboxylic acids is 1. The zero-order valence-corrected chi connectivity index (χ0v) is 27.0. The van der Waals surface area contributed by atoms with Crippen molar-refractivity contribution in [3.8, 4) is 11.1 Å². The molecule has 232 valence electrons. The maximum Gasteiger partial charge on any atom is 0.252 e. The highest BCUT2D eigenvalue weighted by Gasteiger charge is 2.24. The molecule has 1 aliphatic rings. The topological polar surface area (TPSA) is 107 Å². The number of hydrogen-bond acceptors (Lipinski definition) is 6. The lowest BCUT2D eigenvalue weighted by Gasteiger charge is -2.26. The molecule has 1 atom stereocenters. The van der Waals surface area contributed by atoms with Crippen LogP contribution in [0.5, 0.6) is 0 Å². The summed E-state index contributed by atoms with van der Waals surface area (Å²) in [6.45, 7) is 4.66. The molecule has 1 aliphatic carbocycles. The Balaban J connectivity index is 1.91. The smallest absolute Gasteiger partial charge is 0.252 e. The highest BCUT2D eigenvalue weighted by atomic mass is 32.2. The molecule has 0 aromatic heterocycles. The van der Waals surface area contributed by atoms with E-state index in [0.717, 1.165) is 36.0 Å². The summed E-state index contributed by atoms with van der Waals surface area (Å²) in [7, 11) is -3.45. The van der Waals surface area contributed by atoms with Crippen molar-refractivity contribution in [2.45, 2.75) is 90.6 Å². The van der Waals surface area contributed by atoms with E-state index in [0.29, 0.717) is 35.8 Å². The molecule has 2 aromatic rings. The van der Waals surface area contributed by atoms with Crippen molar-refractivity contribution in [2.75, 3.05) is 24.3 Å². The summed E-state index contributed by atoms with van der Waals surface area (Å²) in [5.41, 5.74) is 3.60. The lowest BCUT2D eigenvalue weighted by Crippen LogP contribution is -2.48. The molecular weight excluding hydrogens is 569 g/mol. The van der Waals surface area contributed by atoms with Gasteiger partial charge in [-0.15, -0.1) is 0 Å². The molecular formula is C33H47N2O5S2-. The first-order valence-electron chi connectivity index (χ1n) is 15.3. The Hall–Kier alpha value is -2.36. The molecule has 0 saturated heterocycles. The van der Waals surface area contributed by atoms with E-state index in [9.17, 15) is 23.1 Å². The number of benzene rings is 2. The monoisotopic (exact) mass is 615 g/mol. The standard InChI is InChI=1S/C33H48N2O5S2/c1-4-5-22-42(39,40)35(20-11-15-26-13-7-6-8-14-26)24-27-17-18-29(30(23-27)28-16-10-9-12-25(28)2)32(36)34-31(33(37)38)19-21-41-3/h9-10,12,16-18,23,26,31H,4-8,11,13-15,19-22,24H2,1-3H3,(H,34,36)(H,37,38)/p-1. The van der Waals surface area contributed by atoms with Crippen molar-refractivity contribution in [3.63, 3.8) is 0 Å². The molecule has 0 radical (unpaired) electrons. The highest BCUT2D eigenvalue weighted by molar-refractivity contribution is 7.98. The quantitative estimate of drug-likeness (QED) is 0.250. The van der Waals surface area contributed by atoms with E-state index in [-0.39, 0.29) is 18.7 Å². The van der Waals surface area contributed by atoms with E-state index in [4.69, 9.17) is 0 Å². The molecule has 0 heterocycles. The molecule has 0 bridgehead atoms. The van der Waals surface area contributed by atoms with Crippen LogP contribution in [0.15, 0.2) is 42.5 Å². The zero-order valence-electron chi connectivity index (χ0n) is 25.4. The number of rotatable bonds is 17. The third-order valence-electron chi connectivity index (χ3n) is 8.22. The van der Waals surface area contributed by atoms with Crippen molar-refractivity contribution in [3.05, 3.63) is 59.2 Å². The van der Waals surface area contributed by atoms with Crippen molar-refractivity contribution < 1.29 is 23.1 Å². The van der Waals surface area contributed by atoms with Gasteiger partial charge in [-0.1, -0.05) is 75.8 Å². The second-order valence-electron chi connectivity index (χ2n) is 11.5. The van der Waals surface area contributed by atoms with E-state index in [1.165, 1.54) is 43.9 Å². The first kappa shape index (κ1) is 34.1. The van der Waals surface area contributed by atoms with Crippen LogP contribution in [0.4, 0.5) is 0 Å². The Morgan fingerprint density at radius 2 is 1.81 bits per heavy atom. The number of nitrogens with zero attached hydrogens (tertiary/aromatic N) is 1. The molecule has 42 heavy (non-hydrogen) atoms. The third kappa shape index (κ3) is 10.1. The van der Waals surface area contributed by atoms with Gasteiger partial charge in [-0.05, 0) is 84.9 Å². The summed E-state index contributed by atoms with van der Waals surface area (Å²) in [6, 6.07) is 12.0. The van der Waals surface area contributed by atoms with Gasteiger partial charge in [0.25, 0.3) is 5.91 Å². The molecule has 3 rings (SSSR count). The van der Waals surface area contributed by atoms with E-state index in [2.05, 4.69) is 5.32 Å². The Kier molecular flexibility index (Phi) is 13.9. The van der Waals surface area contributed by atoms with Gasteiger partial charge >= 0.3 is 0 Å². The van der Waals surface area contributed by atoms with Gasteiger partial charge in [0.2, 0.25) is 10.0 Å². The van der Waals surface area contributed by atoms with E-state index in [1.807, 2.05) is 50.4 Å². The van der Waals surface area contributed by atoms with Crippen LogP contribution >= 0.6 is 11.8 Å². The molecule has 0 spiro atoms. The van der Waals surface area contributed by atoms with Gasteiger partial charge < -0.3 is 15.2 Å². The normalized spacial score (nSPS) is 15.0. The molecule has 7 nitrogen and oxygen atoms in total. The molecule has 2 aromatic carbocycles. The van der Waals surface area contributed by atoms with Crippen molar-refractivity contribution in [1.82, 2.24) is 9.62 Å². The Morgan fingerprint density at radius 3 is 2.48 bits per heavy atom. The fraction of sp³-hybridized carbons (Fsp3) is 0.576. The number of carboxylic acids is 1. The minimum absolute atomic E-state index is 0.124. The van der Waals surface area contributed by atoms with Crippen LogP contribution in [-0.2, 0) is 21.4 Å². The third-order valence-corrected chi connectivity index (χ3v) is 10.8. The maximum atomic E-state index is 13.4. The van der Waals surface area contributed by atoms with Gasteiger partial charge in [0.05, 0.1) is 17.8 Å². The number of hydrogen-bond donors (Lipinski definition) is 1.